The SMILES string of the molecule is COC1CCN([C@H]2CCC[C@H]2NC(=O)C2Cc3ccccc3C2)C1. The van der Waals surface area contributed by atoms with Gasteiger partial charge in [-0.05, 0) is 49.7 Å². The standard InChI is InChI=1S/C20H28N2O2/c1-24-17-9-10-22(13-17)19-8-4-7-18(19)21-20(23)16-11-14-5-2-3-6-15(14)12-16/h2-3,5-6,16-19H,4,7-13H2,1H3,(H,21,23)/t17?,18-,19+/m1/s1. The molecule has 24 heavy (non-hydrogen) atoms. The van der Waals surface area contributed by atoms with Gasteiger partial charge in [-0.2, -0.15) is 0 Å². The van der Waals surface area contributed by atoms with Gasteiger partial charge in [-0.3, -0.25) is 9.69 Å². The number of rotatable bonds is 4. The number of nitrogens with one attached hydrogen (secondary N) is 1. The molecule has 0 bridgehead atoms. The smallest absolute Gasteiger partial charge is 0.224 e. The van der Waals surface area contributed by atoms with E-state index in [9.17, 15) is 4.79 Å². The van der Waals surface area contributed by atoms with Crippen LogP contribution in [0.25, 0.3) is 0 Å². The van der Waals surface area contributed by atoms with E-state index in [1.54, 1.807) is 7.11 Å². The summed E-state index contributed by atoms with van der Waals surface area (Å²) in [7, 11) is 1.81. The number of benzene rings is 1. The lowest BCUT2D eigenvalue weighted by Crippen LogP contribution is -2.49. The van der Waals surface area contributed by atoms with Gasteiger partial charge < -0.3 is 10.1 Å². The predicted octanol–water partition coefficient (Wildman–Crippen LogP) is 2.16. The van der Waals surface area contributed by atoms with E-state index in [4.69, 9.17) is 4.74 Å². The molecule has 3 atom stereocenters. The Bertz CT molecular complexity index is 578. The van der Waals surface area contributed by atoms with Crippen molar-refractivity contribution in [3.8, 4) is 0 Å². The van der Waals surface area contributed by atoms with Crippen molar-refractivity contribution < 1.29 is 9.53 Å². The minimum absolute atomic E-state index is 0.119. The van der Waals surface area contributed by atoms with E-state index in [0.29, 0.717) is 18.2 Å². The molecule has 1 amide bonds. The van der Waals surface area contributed by atoms with Crippen molar-refractivity contribution in [3.05, 3.63) is 35.4 Å². The summed E-state index contributed by atoms with van der Waals surface area (Å²) < 4.78 is 5.51. The van der Waals surface area contributed by atoms with Crippen LogP contribution in [0.2, 0.25) is 0 Å². The van der Waals surface area contributed by atoms with Gasteiger partial charge in [0.1, 0.15) is 0 Å². The average Bonchev–Trinajstić information content (AvgIpc) is 3.32. The second-order valence-electron chi connectivity index (χ2n) is 7.63. The number of methoxy groups -OCH3 is 1. The summed E-state index contributed by atoms with van der Waals surface area (Å²) in [4.78, 5) is 15.3. The maximum atomic E-state index is 12.8. The number of amides is 1. The van der Waals surface area contributed by atoms with Gasteiger partial charge in [0.25, 0.3) is 0 Å². The molecule has 1 aromatic carbocycles. The van der Waals surface area contributed by atoms with Crippen LogP contribution in [0.15, 0.2) is 24.3 Å². The maximum absolute atomic E-state index is 12.8. The topological polar surface area (TPSA) is 41.6 Å². The summed E-state index contributed by atoms with van der Waals surface area (Å²) in [6.45, 7) is 2.12. The van der Waals surface area contributed by atoms with Gasteiger partial charge in [-0.25, -0.2) is 0 Å². The van der Waals surface area contributed by atoms with Gasteiger partial charge >= 0.3 is 0 Å². The van der Waals surface area contributed by atoms with Gasteiger partial charge in [0.2, 0.25) is 5.91 Å². The Morgan fingerprint density at radius 2 is 1.92 bits per heavy atom. The Kier molecular flexibility index (Phi) is 4.59. The van der Waals surface area contributed by atoms with Gasteiger partial charge in [0, 0.05) is 38.2 Å². The van der Waals surface area contributed by atoms with Gasteiger partial charge in [0.05, 0.1) is 6.10 Å². The molecule has 4 rings (SSSR count). The highest BCUT2D eigenvalue weighted by Crippen LogP contribution is 2.30. The molecular weight excluding hydrogens is 300 g/mol. The highest BCUT2D eigenvalue weighted by Gasteiger charge is 2.38. The van der Waals surface area contributed by atoms with Gasteiger partial charge in [-0.15, -0.1) is 0 Å². The number of carbonyl (C=O) groups excluding carboxylic acids is 1. The zero-order valence-corrected chi connectivity index (χ0v) is 14.5. The number of hydrogen-bond donors (Lipinski definition) is 1. The fraction of sp³-hybridized carbons (Fsp3) is 0.650. The zero-order chi connectivity index (χ0) is 16.5. The predicted molar refractivity (Wildman–Crippen MR) is 93.9 cm³/mol. The maximum Gasteiger partial charge on any atom is 0.224 e. The van der Waals surface area contributed by atoms with E-state index < -0.39 is 0 Å². The molecule has 2 aliphatic carbocycles. The molecule has 1 saturated carbocycles. The summed E-state index contributed by atoms with van der Waals surface area (Å²) in [6.07, 6.45) is 6.81. The van der Waals surface area contributed by atoms with Crippen molar-refractivity contribution in [2.45, 2.75) is 56.7 Å². The summed E-state index contributed by atoms with van der Waals surface area (Å²) in [5.41, 5.74) is 2.70. The highest BCUT2D eigenvalue weighted by atomic mass is 16.5. The lowest BCUT2D eigenvalue weighted by Gasteiger charge is -2.30. The lowest BCUT2D eigenvalue weighted by atomic mass is 10.0. The third-order valence-electron chi connectivity index (χ3n) is 6.21. The quantitative estimate of drug-likeness (QED) is 0.921. The minimum atomic E-state index is 0.119. The molecular formula is C20H28N2O2. The fourth-order valence-electron chi connectivity index (χ4n) is 4.84. The monoisotopic (exact) mass is 328 g/mol. The molecule has 0 aromatic heterocycles. The van der Waals surface area contributed by atoms with Crippen molar-refractivity contribution >= 4 is 5.91 Å². The zero-order valence-electron chi connectivity index (χ0n) is 14.5. The Labute approximate surface area is 144 Å². The van der Waals surface area contributed by atoms with E-state index >= 15 is 0 Å². The minimum Gasteiger partial charge on any atom is -0.380 e. The normalized spacial score (nSPS) is 30.6. The molecule has 0 spiro atoms. The van der Waals surface area contributed by atoms with Crippen LogP contribution in [0, 0.1) is 5.92 Å². The molecule has 4 heteroatoms. The Morgan fingerprint density at radius 1 is 1.17 bits per heavy atom. The van der Waals surface area contributed by atoms with Crippen molar-refractivity contribution in [1.82, 2.24) is 10.2 Å². The highest BCUT2D eigenvalue weighted by molar-refractivity contribution is 5.80. The van der Waals surface area contributed by atoms with Crippen LogP contribution in [0.4, 0.5) is 0 Å². The van der Waals surface area contributed by atoms with Crippen molar-refractivity contribution in [2.24, 2.45) is 5.92 Å². The third-order valence-corrected chi connectivity index (χ3v) is 6.21. The van der Waals surface area contributed by atoms with E-state index in [2.05, 4.69) is 34.5 Å². The van der Waals surface area contributed by atoms with Crippen molar-refractivity contribution in [3.63, 3.8) is 0 Å². The van der Waals surface area contributed by atoms with Crippen LogP contribution in [-0.2, 0) is 22.4 Å². The van der Waals surface area contributed by atoms with Crippen LogP contribution in [-0.4, -0.2) is 49.2 Å². The first-order valence-corrected chi connectivity index (χ1v) is 9.38. The number of nitrogens with zero attached hydrogens (tertiary/aromatic N) is 1. The van der Waals surface area contributed by atoms with E-state index in [1.807, 2.05) is 0 Å². The number of ether oxygens (including phenoxy) is 1. The van der Waals surface area contributed by atoms with Crippen LogP contribution in [0.3, 0.4) is 0 Å². The molecule has 1 saturated heterocycles. The number of fused-ring (bicyclic) bond motifs is 1. The average molecular weight is 328 g/mol. The van der Waals surface area contributed by atoms with E-state index in [1.165, 1.54) is 24.0 Å². The number of hydrogen-bond acceptors (Lipinski definition) is 3. The first-order valence-electron chi connectivity index (χ1n) is 9.38. The molecule has 1 N–H and O–H groups in total. The largest absolute Gasteiger partial charge is 0.380 e. The molecule has 1 heterocycles. The molecule has 1 unspecified atom stereocenters. The Morgan fingerprint density at radius 3 is 2.58 bits per heavy atom. The number of carbonyl (C=O) groups is 1. The van der Waals surface area contributed by atoms with Crippen LogP contribution in [0.1, 0.15) is 36.8 Å². The van der Waals surface area contributed by atoms with E-state index in [0.717, 1.165) is 38.8 Å². The second kappa shape index (κ2) is 6.85. The van der Waals surface area contributed by atoms with Crippen molar-refractivity contribution in [2.75, 3.05) is 20.2 Å². The molecule has 4 nitrogen and oxygen atoms in total. The Hall–Kier alpha value is -1.39. The van der Waals surface area contributed by atoms with Crippen LogP contribution in [0.5, 0.6) is 0 Å². The third kappa shape index (κ3) is 3.09. The first-order chi connectivity index (χ1) is 11.7. The summed E-state index contributed by atoms with van der Waals surface area (Å²) in [5.74, 6) is 0.375. The van der Waals surface area contributed by atoms with Crippen LogP contribution < -0.4 is 5.32 Å². The fourth-order valence-corrected chi connectivity index (χ4v) is 4.84. The number of likely N-dealkylation sites (tertiary alicyclic amines) is 1. The van der Waals surface area contributed by atoms with Gasteiger partial charge in [0.15, 0.2) is 0 Å². The molecule has 2 fully saturated rings. The van der Waals surface area contributed by atoms with Crippen molar-refractivity contribution in [1.29, 1.82) is 0 Å². The summed E-state index contributed by atoms with van der Waals surface area (Å²) >= 11 is 0. The molecule has 1 aromatic rings. The molecule has 1 aliphatic heterocycles. The molecule has 130 valence electrons. The van der Waals surface area contributed by atoms with E-state index in [-0.39, 0.29) is 11.8 Å². The van der Waals surface area contributed by atoms with Crippen LogP contribution >= 0.6 is 0 Å². The second-order valence-corrected chi connectivity index (χ2v) is 7.63. The van der Waals surface area contributed by atoms with Gasteiger partial charge in [-0.1, -0.05) is 24.3 Å². The summed E-state index contributed by atoms with van der Waals surface area (Å²) in [5, 5.41) is 3.39. The molecule has 0 radical (unpaired) electrons. The lowest BCUT2D eigenvalue weighted by molar-refractivity contribution is -0.125. The first kappa shape index (κ1) is 16.1. The molecule has 3 aliphatic rings. The Balaban J connectivity index is 1.36. The summed E-state index contributed by atoms with van der Waals surface area (Å²) in [6, 6.07) is 9.29.